The highest BCUT2D eigenvalue weighted by Crippen LogP contribution is 2.23. The minimum Gasteiger partial charge on any atom is -0.379 e. The van der Waals surface area contributed by atoms with E-state index in [1.54, 1.807) is 11.8 Å². The van der Waals surface area contributed by atoms with Crippen LogP contribution < -0.4 is 11.1 Å². The van der Waals surface area contributed by atoms with Crippen LogP contribution in [-0.2, 0) is 9.53 Å². The van der Waals surface area contributed by atoms with Crippen molar-refractivity contribution < 1.29 is 9.53 Å². The van der Waals surface area contributed by atoms with E-state index in [9.17, 15) is 4.79 Å². The number of ether oxygens (including phenoxy) is 1. The molecule has 1 unspecified atom stereocenters. The molecular weight excluding hydrogens is 200 g/mol. The number of hydrogen-bond donors (Lipinski definition) is 2. The van der Waals surface area contributed by atoms with E-state index in [1.165, 1.54) is 0 Å². The summed E-state index contributed by atoms with van der Waals surface area (Å²) in [5, 5.41) is 3.66. The van der Waals surface area contributed by atoms with Crippen LogP contribution in [0.3, 0.4) is 0 Å². The van der Waals surface area contributed by atoms with Crippen LogP contribution in [0, 0.1) is 0 Å². The number of rotatable bonds is 6. The van der Waals surface area contributed by atoms with E-state index in [4.69, 9.17) is 10.5 Å². The van der Waals surface area contributed by atoms with Crippen molar-refractivity contribution >= 4 is 17.7 Å². The predicted octanol–water partition coefficient (Wildman–Crippen LogP) is -0.0281. The monoisotopic (exact) mass is 218 g/mol. The molecule has 1 fully saturated rings. The summed E-state index contributed by atoms with van der Waals surface area (Å²) in [6.45, 7) is 6.17. The van der Waals surface area contributed by atoms with Gasteiger partial charge in [-0.15, -0.1) is 0 Å². The van der Waals surface area contributed by atoms with Crippen molar-refractivity contribution in [1.82, 2.24) is 5.32 Å². The maximum Gasteiger partial charge on any atom is 0.238 e. The van der Waals surface area contributed by atoms with Gasteiger partial charge in [-0.3, -0.25) is 4.79 Å². The van der Waals surface area contributed by atoms with Crippen molar-refractivity contribution in [2.24, 2.45) is 5.73 Å². The number of carbonyl (C=O) groups is 1. The fourth-order valence-electron chi connectivity index (χ4n) is 1.19. The molecule has 4 nitrogen and oxygen atoms in total. The lowest BCUT2D eigenvalue weighted by Crippen LogP contribution is -2.55. The number of primary amides is 1. The van der Waals surface area contributed by atoms with Crippen LogP contribution in [-0.4, -0.2) is 42.2 Å². The summed E-state index contributed by atoms with van der Waals surface area (Å²) in [6.07, 6.45) is 0. The number of nitrogens with one attached hydrogen (secondary N) is 1. The summed E-state index contributed by atoms with van der Waals surface area (Å²) in [5.74, 6) is 0.427. The van der Waals surface area contributed by atoms with Crippen molar-refractivity contribution in [2.45, 2.75) is 24.6 Å². The highest BCUT2D eigenvalue weighted by molar-refractivity contribution is 8.00. The molecule has 1 saturated heterocycles. The molecule has 0 bridgehead atoms. The molecule has 1 rings (SSSR count). The van der Waals surface area contributed by atoms with Crippen LogP contribution in [0.25, 0.3) is 0 Å². The van der Waals surface area contributed by atoms with Gasteiger partial charge >= 0.3 is 0 Å². The highest BCUT2D eigenvalue weighted by atomic mass is 32.2. The quantitative estimate of drug-likeness (QED) is 0.657. The number of hydrogen-bond acceptors (Lipinski definition) is 4. The van der Waals surface area contributed by atoms with Crippen LogP contribution in [0.2, 0.25) is 0 Å². The second kappa shape index (κ2) is 5.00. The Morgan fingerprint density at radius 3 is 2.71 bits per heavy atom. The third-order valence-corrected chi connectivity index (χ3v) is 3.81. The summed E-state index contributed by atoms with van der Waals surface area (Å²) in [4.78, 5) is 11.2. The van der Waals surface area contributed by atoms with Crippen molar-refractivity contribution in [3.05, 3.63) is 0 Å². The van der Waals surface area contributed by atoms with Crippen molar-refractivity contribution in [3.8, 4) is 0 Å². The van der Waals surface area contributed by atoms with E-state index in [1.807, 2.05) is 13.8 Å². The lowest BCUT2D eigenvalue weighted by molar-refractivity contribution is -0.122. The van der Waals surface area contributed by atoms with Crippen LogP contribution in [0.1, 0.15) is 13.8 Å². The van der Waals surface area contributed by atoms with Crippen LogP contribution in [0.15, 0.2) is 0 Å². The molecule has 0 radical (unpaired) electrons. The Bertz CT molecular complexity index is 209. The lowest BCUT2D eigenvalue weighted by Gasteiger charge is -2.31. The summed E-state index contributed by atoms with van der Waals surface area (Å²) in [5.41, 5.74) is 4.77. The summed E-state index contributed by atoms with van der Waals surface area (Å²) in [6, 6.07) is 0. The van der Waals surface area contributed by atoms with E-state index in [0.29, 0.717) is 11.0 Å². The van der Waals surface area contributed by atoms with Gasteiger partial charge in [-0.05, 0) is 13.5 Å². The second-order valence-corrected chi connectivity index (χ2v) is 4.99. The van der Waals surface area contributed by atoms with Gasteiger partial charge in [0.1, 0.15) is 5.54 Å². The lowest BCUT2D eigenvalue weighted by atomic mass is 10.1. The first kappa shape index (κ1) is 11.8. The summed E-state index contributed by atoms with van der Waals surface area (Å²) < 4.78 is 5.06. The predicted molar refractivity (Wildman–Crippen MR) is 58.3 cm³/mol. The molecule has 0 aromatic carbocycles. The van der Waals surface area contributed by atoms with E-state index in [-0.39, 0.29) is 5.91 Å². The highest BCUT2D eigenvalue weighted by Gasteiger charge is 2.32. The maximum absolute atomic E-state index is 11.2. The van der Waals surface area contributed by atoms with Crippen LogP contribution in [0.5, 0.6) is 0 Å². The zero-order valence-corrected chi connectivity index (χ0v) is 9.52. The first-order valence-corrected chi connectivity index (χ1v) is 5.87. The van der Waals surface area contributed by atoms with Gasteiger partial charge in [0.05, 0.1) is 18.5 Å². The molecule has 3 N–H and O–H groups in total. The Balaban J connectivity index is 2.37. The van der Waals surface area contributed by atoms with Crippen molar-refractivity contribution in [2.75, 3.05) is 25.5 Å². The van der Waals surface area contributed by atoms with Crippen molar-refractivity contribution in [1.29, 1.82) is 0 Å². The molecule has 1 aliphatic rings. The van der Waals surface area contributed by atoms with Gasteiger partial charge in [0.25, 0.3) is 0 Å². The Kier molecular flexibility index (Phi) is 4.22. The van der Waals surface area contributed by atoms with Gasteiger partial charge in [0, 0.05) is 5.75 Å². The summed E-state index contributed by atoms with van der Waals surface area (Å²) in [7, 11) is 0. The first-order valence-electron chi connectivity index (χ1n) is 4.83. The molecule has 1 amide bonds. The van der Waals surface area contributed by atoms with E-state index in [0.717, 1.165) is 19.8 Å². The third kappa shape index (κ3) is 2.87. The minimum atomic E-state index is -0.588. The Labute approximate surface area is 88.9 Å². The molecule has 5 heteroatoms. The fourth-order valence-corrected chi connectivity index (χ4v) is 2.39. The molecular formula is C9H18N2O2S. The molecule has 0 aromatic rings. The van der Waals surface area contributed by atoms with Gasteiger partial charge in [-0.1, -0.05) is 6.92 Å². The molecule has 0 spiro atoms. The Morgan fingerprint density at radius 1 is 1.71 bits per heavy atom. The van der Waals surface area contributed by atoms with Gasteiger partial charge in [0.2, 0.25) is 5.91 Å². The molecule has 0 saturated carbocycles. The van der Waals surface area contributed by atoms with Crippen LogP contribution in [0.4, 0.5) is 0 Å². The van der Waals surface area contributed by atoms with Gasteiger partial charge < -0.3 is 15.8 Å². The fraction of sp³-hybridized carbons (Fsp3) is 0.889. The summed E-state index contributed by atoms with van der Waals surface area (Å²) >= 11 is 1.75. The normalized spacial score (nSPS) is 21.3. The number of carbonyl (C=O) groups excluding carboxylic acids is 1. The number of amides is 1. The van der Waals surface area contributed by atoms with Gasteiger partial charge in [-0.2, -0.15) is 11.8 Å². The van der Waals surface area contributed by atoms with E-state index >= 15 is 0 Å². The molecule has 14 heavy (non-hydrogen) atoms. The zero-order chi connectivity index (χ0) is 10.6. The average molecular weight is 218 g/mol. The SMILES string of the molecule is CCNC(C)(CSC1COC1)C(N)=O. The molecule has 1 heterocycles. The molecule has 1 atom stereocenters. The van der Waals surface area contributed by atoms with E-state index < -0.39 is 5.54 Å². The standard InChI is InChI=1S/C9H18N2O2S/c1-3-11-9(2,8(10)12)6-14-7-4-13-5-7/h7,11H,3-6H2,1-2H3,(H2,10,12). The number of likely N-dealkylation sites (N-methyl/N-ethyl adjacent to an activating group) is 1. The van der Waals surface area contributed by atoms with E-state index in [2.05, 4.69) is 5.32 Å². The molecule has 82 valence electrons. The Hall–Kier alpha value is -0.260. The zero-order valence-electron chi connectivity index (χ0n) is 8.71. The number of nitrogens with two attached hydrogens (primary N) is 1. The second-order valence-electron chi connectivity index (χ2n) is 3.70. The van der Waals surface area contributed by atoms with Gasteiger partial charge in [0.15, 0.2) is 0 Å². The number of thioether (sulfide) groups is 1. The third-order valence-electron chi connectivity index (χ3n) is 2.33. The minimum absolute atomic E-state index is 0.285. The largest absolute Gasteiger partial charge is 0.379 e. The molecule has 0 aromatic heterocycles. The van der Waals surface area contributed by atoms with Crippen molar-refractivity contribution in [3.63, 3.8) is 0 Å². The first-order chi connectivity index (χ1) is 6.58. The topological polar surface area (TPSA) is 64.3 Å². The molecule has 0 aliphatic carbocycles. The van der Waals surface area contributed by atoms with Crippen LogP contribution >= 0.6 is 11.8 Å². The smallest absolute Gasteiger partial charge is 0.238 e. The van der Waals surface area contributed by atoms with Gasteiger partial charge in [-0.25, -0.2) is 0 Å². The average Bonchev–Trinajstić information content (AvgIpc) is 2.01. The molecule has 1 aliphatic heterocycles. The Morgan fingerprint density at radius 2 is 2.36 bits per heavy atom. The maximum atomic E-state index is 11.2.